The van der Waals surface area contributed by atoms with E-state index in [0.717, 1.165) is 37.1 Å². The molecule has 1 aromatic carbocycles. The number of nitrogens with two attached hydrogens (primary N) is 1. The van der Waals surface area contributed by atoms with Crippen molar-refractivity contribution in [2.75, 3.05) is 19.6 Å². The number of hydrogen-bond acceptors (Lipinski definition) is 2. The predicted molar refractivity (Wildman–Crippen MR) is 80.1 cm³/mol. The van der Waals surface area contributed by atoms with E-state index in [9.17, 15) is 4.39 Å². The molecule has 0 spiro atoms. The van der Waals surface area contributed by atoms with Crippen molar-refractivity contribution in [3.8, 4) is 0 Å². The first-order valence-electron chi connectivity index (χ1n) is 6.76. The molecule has 19 heavy (non-hydrogen) atoms. The molecule has 0 radical (unpaired) electrons. The van der Waals surface area contributed by atoms with Crippen LogP contribution in [0, 0.1) is 11.2 Å². The Morgan fingerprint density at radius 1 is 1.42 bits per heavy atom. The molecule has 1 atom stereocenters. The fourth-order valence-corrected chi connectivity index (χ4v) is 2.76. The second-order valence-electron chi connectivity index (χ2n) is 5.71. The second kappa shape index (κ2) is 6.69. The minimum Gasteiger partial charge on any atom is -0.330 e. The standard InChI is InChI=1S/C15H23FN2.ClH/c1-3-12-5-4-6-14(16)13(12)9-18-8-7-15(2,10-17)11-18;/h4-6H,3,7-11,17H2,1-2H3;1H. The molecule has 1 aliphatic rings. The van der Waals surface area contributed by atoms with Gasteiger partial charge in [-0.3, -0.25) is 4.90 Å². The molecule has 1 aromatic rings. The molecule has 2 rings (SSSR count). The van der Waals surface area contributed by atoms with Gasteiger partial charge in [0.15, 0.2) is 0 Å². The van der Waals surface area contributed by atoms with Crippen LogP contribution in [0.3, 0.4) is 0 Å². The summed E-state index contributed by atoms with van der Waals surface area (Å²) in [6.45, 7) is 7.71. The highest BCUT2D eigenvalue weighted by atomic mass is 35.5. The molecule has 2 N–H and O–H groups in total. The SMILES string of the molecule is CCc1cccc(F)c1CN1CCC(C)(CN)C1.Cl. The Balaban J connectivity index is 0.00000180. The summed E-state index contributed by atoms with van der Waals surface area (Å²) < 4.78 is 13.9. The Hall–Kier alpha value is -0.640. The zero-order chi connectivity index (χ0) is 13.2. The Kier molecular flexibility index (Phi) is 5.78. The van der Waals surface area contributed by atoms with Gasteiger partial charge < -0.3 is 5.73 Å². The average molecular weight is 287 g/mol. The van der Waals surface area contributed by atoms with Gasteiger partial charge in [0.05, 0.1) is 0 Å². The molecule has 108 valence electrons. The van der Waals surface area contributed by atoms with E-state index >= 15 is 0 Å². The quantitative estimate of drug-likeness (QED) is 0.922. The van der Waals surface area contributed by atoms with Crippen LogP contribution in [0.25, 0.3) is 0 Å². The lowest BCUT2D eigenvalue weighted by molar-refractivity contribution is 0.271. The van der Waals surface area contributed by atoms with Crippen LogP contribution in [0.4, 0.5) is 4.39 Å². The van der Waals surface area contributed by atoms with Crippen molar-refractivity contribution in [3.63, 3.8) is 0 Å². The Morgan fingerprint density at radius 2 is 2.16 bits per heavy atom. The molecule has 1 unspecified atom stereocenters. The maximum absolute atomic E-state index is 13.9. The number of rotatable bonds is 4. The zero-order valence-electron chi connectivity index (χ0n) is 11.8. The van der Waals surface area contributed by atoms with Crippen molar-refractivity contribution in [2.24, 2.45) is 11.1 Å². The topological polar surface area (TPSA) is 29.3 Å². The van der Waals surface area contributed by atoms with Crippen LogP contribution >= 0.6 is 12.4 Å². The van der Waals surface area contributed by atoms with Gasteiger partial charge in [0.25, 0.3) is 0 Å². The van der Waals surface area contributed by atoms with Crippen molar-refractivity contribution in [1.82, 2.24) is 4.90 Å². The molecular formula is C15H24ClFN2. The Morgan fingerprint density at radius 3 is 2.74 bits per heavy atom. The van der Waals surface area contributed by atoms with Crippen molar-refractivity contribution >= 4 is 12.4 Å². The molecule has 0 bridgehead atoms. The van der Waals surface area contributed by atoms with Crippen LogP contribution in [0.1, 0.15) is 31.4 Å². The van der Waals surface area contributed by atoms with Gasteiger partial charge in [-0.05, 0) is 43.0 Å². The third-order valence-corrected chi connectivity index (χ3v) is 4.11. The van der Waals surface area contributed by atoms with Crippen LogP contribution in [-0.4, -0.2) is 24.5 Å². The van der Waals surface area contributed by atoms with Gasteiger partial charge in [-0.25, -0.2) is 4.39 Å². The lowest BCUT2D eigenvalue weighted by Crippen LogP contribution is -2.31. The van der Waals surface area contributed by atoms with Crippen molar-refractivity contribution in [3.05, 3.63) is 35.1 Å². The molecule has 0 amide bonds. The van der Waals surface area contributed by atoms with Crippen molar-refractivity contribution in [2.45, 2.75) is 33.2 Å². The maximum atomic E-state index is 13.9. The highest BCUT2D eigenvalue weighted by Gasteiger charge is 2.32. The van der Waals surface area contributed by atoms with Gasteiger partial charge in [0.2, 0.25) is 0 Å². The molecule has 2 nitrogen and oxygen atoms in total. The molecule has 0 aliphatic carbocycles. The number of likely N-dealkylation sites (tertiary alicyclic amines) is 1. The second-order valence-corrected chi connectivity index (χ2v) is 5.71. The summed E-state index contributed by atoms with van der Waals surface area (Å²) >= 11 is 0. The van der Waals surface area contributed by atoms with Crippen molar-refractivity contribution in [1.29, 1.82) is 0 Å². The van der Waals surface area contributed by atoms with Crippen molar-refractivity contribution < 1.29 is 4.39 Å². The van der Waals surface area contributed by atoms with E-state index < -0.39 is 0 Å². The lowest BCUT2D eigenvalue weighted by atomic mass is 9.90. The van der Waals surface area contributed by atoms with Gasteiger partial charge in [0, 0.05) is 18.7 Å². The monoisotopic (exact) mass is 286 g/mol. The van der Waals surface area contributed by atoms with Crippen LogP contribution in [0.5, 0.6) is 0 Å². The van der Waals surface area contributed by atoms with Crippen LogP contribution in [0.2, 0.25) is 0 Å². The van der Waals surface area contributed by atoms with Crippen LogP contribution in [0.15, 0.2) is 18.2 Å². The van der Waals surface area contributed by atoms with Crippen LogP contribution in [-0.2, 0) is 13.0 Å². The highest BCUT2D eigenvalue weighted by Crippen LogP contribution is 2.30. The predicted octanol–water partition coefficient (Wildman–Crippen LogP) is 2.98. The minimum atomic E-state index is -0.0734. The lowest BCUT2D eigenvalue weighted by Gasteiger charge is -2.23. The smallest absolute Gasteiger partial charge is 0.127 e. The van der Waals surface area contributed by atoms with E-state index in [1.54, 1.807) is 12.1 Å². The summed E-state index contributed by atoms with van der Waals surface area (Å²) in [6.07, 6.45) is 1.99. The van der Waals surface area contributed by atoms with Gasteiger partial charge in [-0.2, -0.15) is 0 Å². The molecule has 0 saturated carbocycles. The molecular weight excluding hydrogens is 263 g/mol. The van der Waals surface area contributed by atoms with E-state index in [2.05, 4.69) is 18.7 Å². The molecule has 0 aromatic heterocycles. The molecule has 4 heteroatoms. The first-order chi connectivity index (χ1) is 8.58. The summed E-state index contributed by atoms with van der Waals surface area (Å²) in [4.78, 5) is 2.32. The number of nitrogens with zero attached hydrogens (tertiary/aromatic N) is 1. The third-order valence-electron chi connectivity index (χ3n) is 4.11. The first kappa shape index (κ1) is 16.4. The van der Waals surface area contributed by atoms with E-state index in [1.165, 1.54) is 0 Å². The summed E-state index contributed by atoms with van der Waals surface area (Å²) in [5.74, 6) is -0.0734. The van der Waals surface area contributed by atoms with E-state index in [-0.39, 0.29) is 23.6 Å². The first-order valence-corrected chi connectivity index (χ1v) is 6.76. The van der Waals surface area contributed by atoms with Gasteiger partial charge in [-0.1, -0.05) is 26.0 Å². The minimum absolute atomic E-state index is 0. The molecule has 1 fully saturated rings. The number of hydrogen-bond donors (Lipinski definition) is 1. The Bertz CT molecular complexity index is 425. The van der Waals surface area contributed by atoms with Gasteiger partial charge in [-0.15, -0.1) is 12.4 Å². The summed E-state index contributed by atoms with van der Waals surface area (Å²) in [5, 5.41) is 0. The maximum Gasteiger partial charge on any atom is 0.127 e. The van der Waals surface area contributed by atoms with E-state index in [4.69, 9.17) is 5.73 Å². The third kappa shape index (κ3) is 3.68. The zero-order valence-corrected chi connectivity index (χ0v) is 12.6. The highest BCUT2D eigenvalue weighted by molar-refractivity contribution is 5.85. The fraction of sp³-hybridized carbons (Fsp3) is 0.600. The summed E-state index contributed by atoms with van der Waals surface area (Å²) in [7, 11) is 0. The molecule has 1 heterocycles. The number of halogens is 2. The average Bonchev–Trinajstić information content (AvgIpc) is 2.74. The molecule has 1 aliphatic heterocycles. The Labute approximate surface area is 121 Å². The fourth-order valence-electron chi connectivity index (χ4n) is 2.76. The number of benzene rings is 1. The summed E-state index contributed by atoms with van der Waals surface area (Å²) in [6, 6.07) is 5.38. The van der Waals surface area contributed by atoms with E-state index in [1.807, 2.05) is 6.07 Å². The normalized spacial score (nSPS) is 23.4. The largest absolute Gasteiger partial charge is 0.330 e. The number of aryl methyl sites for hydroxylation is 1. The summed E-state index contributed by atoms with van der Waals surface area (Å²) in [5.41, 5.74) is 8.00. The van der Waals surface area contributed by atoms with Crippen LogP contribution < -0.4 is 5.73 Å². The molecule has 1 saturated heterocycles. The van der Waals surface area contributed by atoms with Gasteiger partial charge >= 0.3 is 0 Å². The van der Waals surface area contributed by atoms with Gasteiger partial charge in [0.1, 0.15) is 5.82 Å². The van der Waals surface area contributed by atoms with E-state index in [0.29, 0.717) is 13.1 Å².